The smallest absolute Gasteiger partial charge is 0.416 e. The lowest BCUT2D eigenvalue weighted by Crippen LogP contribution is -2.41. The summed E-state index contributed by atoms with van der Waals surface area (Å²) < 4.78 is 45.5. The van der Waals surface area contributed by atoms with Gasteiger partial charge in [-0.2, -0.15) is 18.3 Å². The fraction of sp³-hybridized carbons (Fsp3) is 0.233. The minimum Gasteiger partial charge on any atom is -0.497 e. The molecule has 1 aromatic heterocycles. The molecule has 0 atom stereocenters. The number of carbonyl (C=O) groups is 2. The molecule has 0 aliphatic heterocycles. The number of methoxy groups -OCH3 is 1. The molecular formula is C30H30F3N5O3. The Kier molecular flexibility index (Phi) is 9.28. The number of ether oxygens (including phenoxy) is 1. The summed E-state index contributed by atoms with van der Waals surface area (Å²) >= 11 is 0. The first-order chi connectivity index (χ1) is 19.7. The average Bonchev–Trinajstić information content (AvgIpc) is 3.39. The van der Waals surface area contributed by atoms with Crippen LogP contribution in [0.3, 0.4) is 0 Å². The summed E-state index contributed by atoms with van der Waals surface area (Å²) in [6, 6.07) is 22.0. The Morgan fingerprint density at radius 2 is 1.63 bits per heavy atom. The topological polar surface area (TPSA) is 88.5 Å². The maximum atomic E-state index is 13.2. The van der Waals surface area contributed by atoms with Crippen LogP contribution in [0.15, 0.2) is 84.9 Å². The number of aromatic nitrogens is 2. The molecule has 11 heteroatoms. The van der Waals surface area contributed by atoms with Crippen LogP contribution in [-0.4, -0.2) is 46.8 Å². The lowest BCUT2D eigenvalue weighted by Gasteiger charge is -2.22. The van der Waals surface area contributed by atoms with Crippen LogP contribution in [0.4, 0.5) is 29.5 Å². The third-order valence-electron chi connectivity index (χ3n) is 6.23. The Balaban J connectivity index is 1.53. The number of nitrogens with zero attached hydrogens (tertiary/aromatic N) is 3. The van der Waals surface area contributed by atoms with Gasteiger partial charge in [0.25, 0.3) is 0 Å². The molecule has 2 N–H and O–H groups in total. The SMILES string of the molecule is CCCCN(CC(=O)Nc1cc(-c2ccccc2)nn1-c1ccc(OC)cc1)C(=O)Nc1ccc(C(F)(F)F)cc1. The molecular weight excluding hydrogens is 535 g/mol. The second kappa shape index (κ2) is 13.0. The van der Waals surface area contributed by atoms with E-state index in [4.69, 9.17) is 9.84 Å². The number of halogens is 3. The molecule has 0 spiro atoms. The van der Waals surface area contributed by atoms with Gasteiger partial charge in [-0.05, 0) is 55.0 Å². The molecule has 0 saturated heterocycles. The van der Waals surface area contributed by atoms with E-state index in [2.05, 4.69) is 10.6 Å². The largest absolute Gasteiger partial charge is 0.497 e. The zero-order valence-electron chi connectivity index (χ0n) is 22.6. The first kappa shape index (κ1) is 29.2. The van der Waals surface area contributed by atoms with Crippen molar-refractivity contribution in [1.29, 1.82) is 0 Å². The zero-order valence-corrected chi connectivity index (χ0v) is 22.6. The van der Waals surface area contributed by atoms with Gasteiger partial charge in [-0.1, -0.05) is 43.7 Å². The summed E-state index contributed by atoms with van der Waals surface area (Å²) in [5.41, 5.74) is 1.55. The maximum absolute atomic E-state index is 13.2. The van der Waals surface area contributed by atoms with Crippen molar-refractivity contribution in [3.8, 4) is 22.7 Å². The Bertz CT molecular complexity index is 1450. The number of rotatable bonds is 10. The zero-order chi connectivity index (χ0) is 29.4. The van der Waals surface area contributed by atoms with E-state index in [1.165, 1.54) is 17.0 Å². The van der Waals surface area contributed by atoms with Crippen LogP contribution in [0.25, 0.3) is 16.9 Å². The Labute approximate surface area is 235 Å². The molecule has 0 aliphatic rings. The molecule has 4 aromatic rings. The number of hydrogen-bond acceptors (Lipinski definition) is 4. The van der Waals surface area contributed by atoms with Crippen LogP contribution in [-0.2, 0) is 11.0 Å². The van der Waals surface area contributed by atoms with Gasteiger partial charge >= 0.3 is 12.2 Å². The van der Waals surface area contributed by atoms with Gasteiger partial charge in [0.15, 0.2) is 0 Å². The summed E-state index contributed by atoms with van der Waals surface area (Å²) in [5.74, 6) is 0.607. The van der Waals surface area contributed by atoms with Crippen molar-refractivity contribution in [3.05, 3.63) is 90.5 Å². The molecule has 41 heavy (non-hydrogen) atoms. The number of anilines is 2. The first-order valence-corrected chi connectivity index (χ1v) is 13.0. The molecule has 0 radical (unpaired) electrons. The van der Waals surface area contributed by atoms with Crippen LogP contribution >= 0.6 is 0 Å². The van der Waals surface area contributed by atoms with Gasteiger partial charge in [-0.3, -0.25) is 4.79 Å². The van der Waals surface area contributed by atoms with E-state index in [9.17, 15) is 22.8 Å². The molecule has 1 heterocycles. The van der Waals surface area contributed by atoms with Crippen LogP contribution in [0.5, 0.6) is 5.75 Å². The van der Waals surface area contributed by atoms with Gasteiger partial charge in [0.2, 0.25) is 5.91 Å². The summed E-state index contributed by atoms with van der Waals surface area (Å²) in [4.78, 5) is 27.5. The number of hydrogen-bond donors (Lipinski definition) is 2. The van der Waals surface area contributed by atoms with Gasteiger partial charge < -0.3 is 20.3 Å². The number of unbranched alkanes of at least 4 members (excludes halogenated alkanes) is 1. The van der Waals surface area contributed by atoms with Crippen molar-refractivity contribution >= 4 is 23.4 Å². The van der Waals surface area contributed by atoms with E-state index < -0.39 is 23.7 Å². The normalized spacial score (nSPS) is 11.1. The highest BCUT2D eigenvalue weighted by Gasteiger charge is 2.30. The number of urea groups is 1. The third kappa shape index (κ3) is 7.65. The average molecular weight is 566 g/mol. The third-order valence-corrected chi connectivity index (χ3v) is 6.23. The Morgan fingerprint density at radius 3 is 2.24 bits per heavy atom. The number of benzene rings is 3. The van der Waals surface area contributed by atoms with E-state index in [0.717, 1.165) is 24.1 Å². The molecule has 0 fully saturated rings. The Hall–Kier alpha value is -4.80. The van der Waals surface area contributed by atoms with Gasteiger partial charge in [-0.15, -0.1) is 0 Å². The number of amides is 3. The summed E-state index contributed by atoms with van der Waals surface area (Å²) in [5, 5.41) is 10.1. The summed E-state index contributed by atoms with van der Waals surface area (Å²) in [7, 11) is 1.57. The highest BCUT2D eigenvalue weighted by atomic mass is 19.4. The molecule has 4 rings (SSSR count). The van der Waals surface area contributed by atoms with E-state index in [1.807, 2.05) is 37.3 Å². The van der Waals surface area contributed by atoms with Crippen molar-refractivity contribution in [2.75, 3.05) is 30.8 Å². The fourth-order valence-corrected chi connectivity index (χ4v) is 4.04. The number of nitrogens with one attached hydrogen (secondary N) is 2. The fourth-order valence-electron chi connectivity index (χ4n) is 4.04. The second-order valence-electron chi connectivity index (χ2n) is 9.22. The molecule has 0 unspecified atom stereocenters. The van der Waals surface area contributed by atoms with Gasteiger partial charge in [-0.25, -0.2) is 9.48 Å². The van der Waals surface area contributed by atoms with Crippen molar-refractivity contribution < 1.29 is 27.5 Å². The monoisotopic (exact) mass is 565 g/mol. The lowest BCUT2D eigenvalue weighted by molar-refractivity contribution is -0.137. The van der Waals surface area contributed by atoms with Crippen molar-refractivity contribution in [2.24, 2.45) is 0 Å². The molecule has 0 saturated carbocycles. The number of carbonyl (C=O) groups excluding carboxylic acids is 2. The summed E-state index contributed by atoms with van der Waals surface area (Å²) in [6.07, 6.45) is -3.07. The van der Waals surface area contributed by atoms with Crippen molar-refractivity contribution in [2.45, 2.75) is 25.9 Å². The van der Waals surface area contributed by atoms with Crippen LogP contribution < -0.4 is 15.4 Å². The van der Waals surface area contributed by atoms with Gasteiger partial charge in [0, 0.05) is 23.9 Å². The Morgan fingerprint density at radius 1 is 0.951 bits per heavy atom. The molecule has 0 bridgehead atoms. The van der Waals surface area contributed by atoms with Crippen LogP contribution in [0, 0.1) is 0 Å². The summed E-state index contributed by atoms with van der Waals surface area (Å²) in [6.45, 7) is 1.95. The van der Waals surface area contributed by atoms with Gasteiger partial charge in [0.1, 0.15) is 18.1 Å². The minimum atomic E-state index is -4.48. The van der Waals surface area contributed by atoms with E-state index in [0.29, 0.717) is 29.4 Å². The molecule has 0 aliphatic carbocycles. The maximum Gasteiger partial charge on any atom is 0.416 e. The van der Waals surface area contributed by atoms with Gasteiger partial charge in [0.05, 0.1) is 24.1 Å². The quantitative estimate of drug-likeness (QED) is 0.220. The first-order valence-electron chi connectivity index (χ1n) is 13.0. The standard InChI is InChI=1S/C30H30F3N5O3/c1-3-4-18-37(29(40)34-23-12-10-22(11-13-23)30(31,32)33)20-28(39)35-27-19-26(21-8-6-5-7-9-21)36-38(27)24-14-16-25(41-2)17-15-24/h5-17,19H,3-4,18,20H2,1-2H3,(H,34,40)(H,35,39). The number of alkyl halides is 3. The molecule has 8 nitrogen and oxygen atoms in total. The van der Waals surface area contributed by atoms with E-state index in [-0.39, 0.29) is 18.8 Å². The molecule has 3 aromatic carbocycles. The minimum absolute atomic E-state index is 0.190. The van der Waals surface area contributed by atoms with Crippen molar-refractivity contribution in [3.63, 3.8) is 0 Å². The second-order valence-corrected chi connectivity index (χ2v) is 9.22. The van der Waals surface area contributed by atoms with Crippen LogP contribution in [0.2, 0.25) is 0 Å². The lowest BCUT2D eigenvalue weighted by atomic mass is 10.1. The predicted molar refractivity (Wildman–Crippen MR) is 151 cm³/mol. The highest BCUT2D eigenvalue weighted by Crippen LogP contribution is 2.30. The molecule has 214 valence electrons. The predicted octanol–water partition coefficient (Wildman–Crippen LogP) is 6.84. The molecule has 3 amide bonds. The van der Waals surface area contributed by atoms with E-state index >= 15 is 0 Å². The van der Waals surface area contributed by atoms with Crippen molar-refractivity contribution in [1.82, 2.24) is 14.7 Å². The van der Waals surface area contributed by atoms with E-state index in [1.54, 1.807) is 42.1 Å². The van der Waals surface area contributed by atoms with Crippen LogP contribution in [0.1, 0.15) is 25.3 Å². The highest BCUT2D eigenvalue weighted by molar-refractivity contribution is 5.97.